The molecule has 3 aromatic rings. The van der Waals surface area contributed by atoms with E-state index < -0.39 is 0 Å². The summed E-state index contributed by atoms with van der Waals surface area (Å²) in [5.41, 5.74) is 1.81. The van der Waals surface area contributed by atoms with Crippen LogP contribution < -0.4 is 4.90 Å². The van der Waals surface area contributed by atoms with Crippen molar-refractivity contribution in [3.63, 3.8) is 0 Å². The van der Waals surface area contributed by atoms with Gasteiger partial charge in [0.05, 0.1) is 17.8 Å². The van der Waals surface area contributed by atoms with Gasteiger partial charge < -0.3 is 4.90 Å². The summed E-state index contributed by atoms with van der Waals surface area (Å²) in [5, 5.41) is 12.9. The molecular formula is C22H26FN7. The van der Waals surface area contributed by atoms with E-state index in [0.29, 0.717) is 11.7 Å². The second kappa shape index (κ2) is 8.47. The molecule has 1 aromatic carbocycles. The number of hydrogen-bond donors (Lipinski definition) is 0. The van der Waals surface area contributed by atoms with Crippen LogP contribution in [0.5, 0.6) is 0 Å². The summed E-state index contributed by atoms with van der Waals surface area (Å²) < 4.78 is 16.3. The summed E-state index contributed by atoms with van der Waals surface area (Å²) in [7, 11) is 0. The van der Waals surface area contributed by atoms with Gasteiger partial charge in [0.25, 0.3) is 0 Å². The van der Waals surface area contributed by atoms with Crippen LogP contribution in [0.25, 0.3) is 0 Å². The molecule has 1 aliphatic carbocycles. The highest BCUT2D eigenvalue weighted by atomic mass is 19.1. The van der Waals surface area contributed by atoms with Crippen molar-refractivity contribution >= 4 is 5.69 Å². The Bertz CT molecular complexity index is 962. The Hall–Kier alpha value is -2.87. The Morgan fingerprint density at radius 3 is 2.40 bits per heavy atom. The predicted octanol–water partition coefficient (Wildman–Crippen LogP) is 3.23. The number of halogens is 1. The fourth-order valence-electron chi connectivity index (χ4n) is 4.79. The Balaban J connectivity index is 1.42. The van der Waals surface area contributed by atoms with E-state index in [-0.39, 0.29) is 11.9 Å². The van der Waals surface area contributed by atoms with E-state index in [9.17, 15) is 4.39 Å². The van der Waals surface area contributed by atoms with Gasteiger partial charge in [-0.3, -0.25) is 9.88 Å². The van der Waals surface area contributed by atoms with Gasteiger partial charge in [-0.05, 0) is 53.1 Å². The summed E-state index contributed by atoms with van der Waals surface area (Å²) in [6, 6.07) is 11.4. The number of pyridine rings is 1. The summed E-state index contributed by atoms with van der Waals surface area (Å²) in [5.74, 6) is 0.731. The van der Waals surface area contributed by atoms with Crippen LogP contribution in [0.2, 0.25) is 0 Å². The highest BCUT2D eigenvalue weighted by Gasteiger charge is 2.33. The number of para-hydroxylation sites is 1. The quantitative estimate of drug-likeness (QED) is 0.647. The van der Waals surface area contributed by atoms with Crippen LogP contribution in [0.1, 0.15) is 49.2 Å². The third-order valence-electron chi connectivity index (χ3n) is 6.33. The largest absolute Gasteiger partial charge is 0.367 e. The van der Waals surface area contributed by atoms with E-state index in [4.69, 9.17) is 0 Å². The van der Waals surface area contributed by atoms with Gasteiger partial charge in [0, 0.05) is 38.6 Å². The molecule has 1 aliphatic heterocycles. The first-order chi connectivity index (χ1) is 14.8. The monoisotopic (exact) mass is 407 g/mol. The topological polar surface area (TPSA) is 63.0 Å². The molecule has 7 nitrogen and oxygen atoms in total. The van der Waals surface area contributed by atoms with E-state index in [2.05, 4.69) is 30.3 Å². The van der Waals surface area contributed by atoms with E-state index in [1.54, 1.807) is 6.07 Å². The van der Waals surface area contributed by atoms with E-state index >= 15 is 0 Å². The summed E-state index contributed by atoms with van der Waals surface area (Å²) in [6.45, 7) is 3.12. The van der Waals surface area contributed by atoms with Gasteiger partial charge >= 0.3 is 0 Å². The first kappa shape index (κ1) is 19.1. The normalized spacial score (nSPS) is 19.3. The Kier molecular flexibility index (Phi) is 5.40. The van der Waals surface area contributed by atoms with Crippen LogP contribution in [0, 0.1) is 5.82 Å². The van der Waals surface area contributed by atoms with Gasteiger partial charge in [-0.15, -0.1) is 5.10 Å². The van der Waals surface area contributed by atoms with Crippen LogP contribution in [-0.4, -0.2) is 56.3 Å². The highest BCUT2D eigenvalue weighted by Crippen LogP contribution is 2.34. The first-order valence-electron chi connectivity index (χ1n) is 10.7. The Labute approximate surface area is 175 Å². The molecule has 1 saturated heterocycles. The van der Waals surface area contributed by atoms with Crippen molar-refractivity contribution in [1.29, 1.82) is 0 Å². The number of aromatic nitrogens is 5. The molecule has 2 aromatic heterocycles. The van der Waals surface area contributed by atoms with Crippen molar-refractivity contribution in [3.05, 3.63) is 66.0 Å². The number of tetrazole rings is 1. The third-order valence-corrected chi connectivity index (χ3v) is 6.33. The van der Waals surface area contributed by atoms with Crippen molar-refractivity contribution in [1.82, 2.24) is 30.1 Å². The molecule has 1 saturated carbocycles. The standard InChI is InChI=1S/C22H26FN7/c23-19-7-3-4-8-20(19)28-13-15-29(16-14-28)21(17-9-11-24-12-10-17)22-25-26-27-30(22)18-5-1-2-6-18/h3-4,7-12,18,21H,1-2,5-6,13-16H2/t21-/m0/s1. The molecule has 0 unspecified atom stereocenters. The number of anilines is 1. The minimum atomic E-state index is -0.165. The second-order valence-electron chi connectivity index (χ2n) is 8.08. The van der Waals surface area contributed by atoms with Gasteiger partial charge in [-0.25, -0.2) is 9.07 Å². The molecule has 2 aliphatic rings. The lowest BCUT2D eigenvalue weighted by molar-refractivity contribution is 0.197. The second-order valence-corrected chi connectivity index (χ2v) is 8.08. The zero-order valence-corrected chi connectivity index (χ0v) is 16.9. The van der Waals surface area contributed by atoms with Crippen molar-refractivity contribution < 1.29 is 4.39 Å². The maximum atomic E-state index is 14.3. The molecule has 1 atom stereocenters. The fourth-order valence-corrected chi connectivity index (χ4v) is 4.79. The zero-order valence-electron chi connectivity index (χ0n) is 16.9. The Morgan fingerprint density at radius 2 is 1.67 bits per heavy atom. The van der Waals surface area contributed by atoms with E-state index in [1.165, 1.54) is 18.9 Å². The molecule has 0 spiro atoms. The molecule has 2 fully saturated rings. The van der Waals surface area contributed by atoms with Gasteiger partial charge in [0.1, 0.15) is 5.82 Å². The van der Waals surface area contributed by atoms with Crippen LogP contribution in [0.3, 0.4) is 0 Å². The Morgan fingerprint density at radius 1 is 0.933 bits per heavy atom. The summed E-state index contributed by atoms with van der Waals surface area (Å²) in [4.78, 5) is 8.72. The van der Waals surface area contributed by atoms with Crippen molar-refractivity contribution in [2.24, 2.45) is 0 Å². The molecular weight excluding hydrogens is 381 g/mol. The molecule has 5 rings (SSSR count). The van der Waals surface area contributed by atoms with E-state index in [1.807, 2.05) is 41.3 Å². The average molecular weight is 407 g/mol. The first-order valence-corrected chi connectivity index (χ1v) is 10.7. The smallest absolute Gasteiger partial charge is 0.173 e. The van der Waals surface area contributed by atoms with E-state index in [0.717, 1.165) is 50.4 Å². The zero-order chi connectivity index (χ0) is 20.3. The molecule has 0 bridgehead atoms. The molecule has 30 heavy (non-hydrogen) atoms. The molecule has 3 heterocycles. The number of hydrogen-bond acceptors (Lipinski definition) is 6. The van der Waals surface area contributed by atoms with Gasteiger partial charge in [0.2, 0.25) is 0 Å². The number of rotatable bonds is 5. The molecule has 0 radical (unpaired) electrons. The lowest BCUT2D eigenvalue weighted by Crippen LogP contribution is -2.48. The van der Waals surface area contributed by atoms with Crippen LogP contribution in [-0.2, 0) is 0 Å². The third kappa shape index (κ3) is 3.67. The van der Waals surface area contributed by atoms with Crippen LogP contribution >= 0.6 is 0 Å². The fraction of sp³-hybridized carbons (Fsp3) is 0.455. The molecule has 0 N–H and O–H groups in total. The van der Waals surface area contributed by atoms with Crippen molar-refractivity contribution in [3.8, 4) is 0 Å². The van der Waals surface area contributed by atoms with Crippen molar-refractivity contribution in [2.75, 3.05) is 31.1 Å². The van der Waals surface area contributed by atoms with Crippen LogP contribution in [0.15, 0.2) is 48.8 Å². The number of benzene rings is 1. The SMILES string of the molecule is Fc1ccccc1N1CCN([C@@H](c2ccncc2)c2nnnn2C2CCCC2)CC1. The maximum Gasteiger partial charge on any atom is 0.173 e. The van der Waals surface area contributed by atoms with Crippen LogP contribution in [0.4, 0.5) is 10.1 Å². The number of piperazine rings is 1. The van der Waals surface area contributed by atoms with Gasteiger partial charge in [-0.2, -0.15) is 0 Å². The van der Waals surface area contributed by atoms with Gasteiger partial charge in [0.15, 0.2) is 5.82 Å². The molecule has 8 heteroatoms. The number of nitrogens with zero attached hydrogens (tertiary/aromatic N) is 7. The summed E-state index contributed by atoms with van der Waals surface area (Å²) >= 11 is 0. The maximum absolute atomic E-state index is 14.3. The average Bonchev–Trinajstić information content (AvgIpc) is 3.48. The molecule has 0 amide bonds. The lowest BCUT2D eigenvalue weighted by Gasteiger charge is -2.40. The minimum Gasteiger partial charge on any atom is -0.367 e. The lowest BCUT2D eigenvalue weighted by atomic mass is 10.0. The highest BCUT2D eigenvalue weighted by molar-refractivity contribution is 5.48. The summed E-state index contributed by atoms with van der Waals surface area (Å²) in [6.07, 6.45) is 8.35. The van der Waals surface area contributed by atoms with Crippen molar-refractivity contribution in [2.45, 2.75) is 37.8 Å². The van der Waals surface area contributed by atoms with Gasteiger partial charge in [-0.1, -0.05) is 25.0 Å². The molecule has 156 valence electrons. The predicted molar refractivity (Wildman–Crippen MR) is 112 cm³/mol. The minimum absolute atomic E-state index is 0.0358.